The summed E-state index contributed by atoms with van der Waals surface area (Å²) in [6.07, 6.45) is -0.719. The second-order valence-electron chi connectivity index (χ2n) is 12.5. The summed E-state index contributed by atoms with van der Waals surface area (Å²) in [7, 11) is -8.19. The van der Waals surface area contributed by atoms with Crippen LogP contribution in [0.25, 0.3) is 0 Å². The summed E-state index contributed by atoms with van der Waals surface area (Å²) in [4.78, 5) is 14.0. The molecule has 0 spiro atoms. The van der Waals surface area contributed by atoms with Gasteiger partial charge >= 0.3 is 6.09 Å². The van der Waals surface area contributed by atoms with Crippen molar-refractivity contribution in [2.45, 2.75) is 73.8 Å². The van der Waals surface area contributed by atoms with Gasteiger partial charge < -0.3 is 19.1 Å². The van der Waals surface area contributed by atoms with E-state index in [0.29, 0.717) is 24.4 Å². The summed E-state index contributed by atoms with van der Waals surface area (Å²) in [5.41, 5.74) is -1.15. The molecule has 3 aliphatic heterocycles. The van der Waals surface area contributed by atoms with Crippen LogP contribution in [-0.4, -0.2) is 76.8 Å². The Morgan fingerprint density at radius 3 is 2.45 bits per heavy atom. The van der Waals surface area contributed by atoms with Crippen molar-refractivity contribution in [1.29, 1.82) is 0 Å². The summed E-state index contributed by atoms with van der Waals surface area (Å²) in [6.45, 7) is 5.11. The number of amides is 1. The second-order valence-corrected chi connectivity index (χ2v) is 17.4. The highest BCUT2D eigenvalue weighted by molar-refractivity contribution is 7.92. The van der Waals surface area contributed by atoms with Gasteiger partial charge in [0.1, 0.15) is 16.2 Å². The Kier molecular flexibility index (Phi) is 9.00. The number of halogens is 3. The van der Waals surface area contributed by atoms with E-state index in [1.54, 1.807) is 20.8 Å². The van der Waals surface area contributed by atoms with Gasteiger partial charge in [-0.1, -0.05) is 11.6 Å². The van der Waals surface area contributed by atoms with Gasteiger partial charge in [-0.15, -0.1) is 0 Å². The molecular formula is C30H36ClF2NO8S2. The van der Waals surface area contributed by atoms with E-state index in [1.165, 1.54) is 29.2 Å². The van der Waals surface area contributed by atoms with Crippen molar-refractivity contribution in [3.05, 3.63) is 58.6 Å². The van der Waals surface area contributed by atoms with Gasteiger partial charge in [-0.25, -0.2) is 30.4 Å². The van der Waals surface area contributed by atoms with Crippen molar-refractivity contribution in [2.24, 2.45) is 5.92 Å². The van der Waals surface area contributed by atoms with Crippen molar-refractivity contribution < 1.29 is 44.6 Å². The fraction of sp³-hybridized carbons (Fsp3) is 0.567. The predicted octanol–water partition coefficient (Wildman–Crippen LogP) is 5.29. The van der Waals surface area contributed by atoms with E-state index in [2.05, 4.69) is 0 Å². The first-order valence-corrected chi connectivity index (χ1v) is 18.2. The average molecular weight is 676 g/mol. The zero-order chi connectivity index (χ0) is 32.1. The minimum atomic E-state index is -4.42. The van der Waals surface area contributed by atoms with Crippen LogP contribution < -0.4 is 4.74 Å². The molecule has 0 saturated carbocycles. The molecule has 0 aliphatic carbocycles. The van der Waals surface area contributed by atoms with E-state index in [9.17, 15) is 26.0 Å². The van der Waals surface area contributed by atoms with Crippen LogP contribution in [0.2, 0.25) is 5.02 Å². The van der Waals surface area contributed by atoms with E-state index >= 15 is 4.39 Å². The molecule has 3 aliphatic rings. The largest absolute Gasteiger partial charge is 0.490 e. The minimum absolute atomic E-state index is 0.111. The zero-order valence-electron chi connectivity index (χ0n) is 24.7. The molecule has 0 N–H and O–H groups in total. The van der Waals surface area contributed by atoms with Gasteiger partial charge in [0, 0.05) is 30.1 Å². The molecule has 0 radical (unpaired) electrons. The van der Waals surface area contributed by atoms with Crippen LogP contribution in [0.1, 0.15) is 52.0 Å². The van der Waals surface area contributed by atoms with Gasteiger partial charge in [0.15, 0.2) is 31.2 Å². The van der Waals surface area contributed by atoms with Gasteiger partial charge in [-0.05, 0) is 82.9 Å². The number of carbonyl (C=O) groups is 1. The summed E-state index contributed by atoms with van der Waals surface area (Å²) in [5, 5.41) is 0.296. The fourth-order valence-corrected chi connectivity index (χ4v) is 10.7. The molecule has 1 amide bonds. The Balaban J connectivity index is 1.44. The summed E-state index contributed by atoms with van der Waals surface area (Å²) >= 11 is 6.00. The van der Waals surface area contributed by atoms with Crippen molar-refractivity contribution in [2.75, 3.05) is 31.3 Å². The first-order valence-electron chi connectivity index (χ1n) is 14.5. The van der Waals surface area contributed by atoms with Crippen LogP contribution in [0.4, 0.5) is 13.6 Å². The zero-order valence-corrected chi connectivity index (χ0v) is 27.1. The third-order valence-corrected chi connectivity index (χ3v) is 13.1. The molecule has 3 heterocycles. The Morgan fingerprint density at radius 2 is 1.77 bits per heavy atom. The van der Waals surface area contributed by atoms with Crippen molar-refractivity contribution in [1.82, 2.24) is 4.90 Å². The SMILES string of the molecule is CC(C)(C)OC(=O)N1CCC[C@@H]1CS(=O)(=O)CC[C@@H]1OCC[C@@]2(S(=O)(=O)c3ccc(Cl)cc3)c3c(F)ccc(F)c3OC[C@@H]12. The highest BCUT2D eigenvalue weighted by Crippen LogP contribution is 2.56. The smallest absolute Gasteiger partial charge is 0.410 e. The normalized spacial score (nSPS) is 25.6. The molecular weight excluding hydrogens is 640 g/mol. The van der Waals surface area contributed by atoms with Gasteiger partial charge in [0.05, 0.1) is 34.7 Å². The standard InChI is InChI=1S/C30H36ClF2NO8S2/c1-29(2,3)42-28(35)34-14-4-5-20(34)18-43(36,37)16-12-25-22-17-41-27-24(33)11-10-23(32)26(27)30(22,13-15-40-25)44(38,39)21-8-6-19(31)7-9-21/h6-11,20,22,25H,4-5,12-18H2,1-3H3/t20-,22+,25+,30+/m1/s1. The highest BCUT2D eigenvalue weighted by atomic mass is 35.5. The maximum atomic E-state index is 15.6. The van der Waals surface area contributed by atoms with Crippen LogP contribution >= 0.6 is 11.6 Å². The van der Waals surface area contributed by atoms with Crippen LogP contribution in [-0.2, 0) is 33.9 Å². The molecule has 0 unspecified atom stereocenters. The maximum absolute atomic E-state index is 15.6. The van der Waals surface area contributed by atoms with Gasteiger partial charge in [0.2, 0.25) is 0 Å². The molecule has 242 valence electrons. The summed E-state index contributed by atoms with van der Waals surface area (Å²) in [6, 6.07) is 6.60. The molecule has 0 aromatic heterocycles. The molecule has 2 fully saturated rings. The first kappa shape index (κ1) is 32.9. The Labute approximate surface area is 261 Å². The lowest BCUT2D eigenvalue weighted by Gasteiger charge is -2.50. The molecule has 2 saturated heterocycles. The van der Waals surface area contributed by atoms with Crippen molar-refractivity contribution >= 4 is 37.4 Å². The average Bonchev–Trinajstić information content (AvgIpc) is 3.40. The van der Waals surface area contributed by atoms with E-state index in [4.69, 9.17) is 25.8 Å². The monoisotopic (exact) mass is 675 g/mol. The van der Waals surface area contributed by atoms with Crippen LogP contribution in [0.3, 0.4) is 0 Å². The Hall–Kier alpha value is -2.48. The lowest BCUT2D eigenvalue weighted by Crippen LogP contribution is -2.57. The lowest BCUT2D eigenvalue weighted by atomic mass is 9.75. The number of likely N-dealkylation sites (tertiary alicyclic amines) is 1. The second kappa shape index (κ2) is 12.0. The number of benzene rings is 2. The highest BCUT2D eigenvalue weighted by Gasteiger charge is 2.61. The molecule has 4 atom stereocenters. The van der Waals surface area contributed by atoms with E-state index in [0.717, 1.165) is 12.1 Å². The molecule has 2 aromatic carbocycles. The van der Waals surface area contributed by atoms with Crippen LogP contribution in [0.5, 0.6) is 5.75 Å². The third kappa shape index (κ3) is 6.17. The summed E-state index contributed by atoms with van der Waals surface area (Å²) in [5.74, 6) is -4.04. The number of sulfone groups is 2. The third-order valence-electron chi connectivity index (χ3n) is 8.51. The lowest BCUT2D eigenvalue weighted by molar-refractivity contribution is -0.0732. The number of nitrogens with zero attached hydrogens (tertiary/aromatic N) is 1. The number of carbonyl (C=O) groups excluding carboxylic acids is 1. The molecule has 9 nitrogen and oxygen atoms in total. The molecule has 5 rings (SSSR count). The number of rotatable bonds is 7. The minimum Gasteiger partial charge on any atom is -0.490 e. The number of hydrogen-bond donors (Lipinski definition) is 0. The molecule has 0 bridgehead atoms. The summed E-state index contributed by atoms with van der Waals surface area (Å²) < 4.78 is 101. The van der Waals surface area contributed by atoms with Crippen LogP contribution in [0, 0.1) is 17.6 Å². The van der Waals surface area contributed by atoms with Crippen molar-refractivity contribution in [3.8, 4) is 5.75 Å². The number of ether oxygens (including phenoxy) is 3. The van der Waals surface area contributed by atoms with Crippen molar-refractivity contribution in [3.63, 3.8) is 0 Å². The maximum Gasteiger partial charge on any atom is 0.410 e. The molecule has 2 aromatic rings. The topological polar surface area (TPSA) is 116 Å². The Bertz CT molecular complexity index is 1630. The Morgan fingerprint density at radius 1 is 1.09 bits per heavy atom. The van der Waals surface area contributed by atoms with Gasteiger partial charge in [-0.3, -0.25) is 0 Å². The predicted molar refractivity (Wildman–Crippen MR) is 159 cm³/mol. The quantitative estimate of drug-likeness (QED) is 0.389. The van der Waals surface area contributed by atoms with E-state index in [1.807, 2.05) is 0 Å². The fourth-order valence-electron chi connectivity index (χ4n) is 6.58. The van der Waals surface area contributed by atoms with Gasteiger partial charge in [0.25, 0.3) is 0 Å². The van der Waals surface area contributed by atoms with Gasteiger partial charge in [-0.2, -0.15) is 0 Å². The first-order chi connectivity index (χ1) is 20.6. The number of fused-ring (bicyclic) bond motifs is 3. The van der Waals surface area contributed by atoms with E-state index in [-0.39, 0.29) is 42.5 Å². The molecule has 44 heavy (non-hydrogen) atoms. The molecule has 14 heteroatoms. The van der Waals surface area contributed by atoms with E-state index < -0.39 is 77.1 Å². The van der Waals surface area contributed by atoms with Crippen LogP contribution in [0.15, 0.2) is 41.3 Å². The number of hydrogen-bond acceptors (Lipinski definition) is 8.